The van der Waals surface area contributed by atoms with E-state index in [1.807, 2.05) is 82.3 Å². The number of likely N-dealkylation sites (N-methyl/N-ethyl adjacent to an activating group) is 1. The molecule has 7 nitrogen and oxygen atoms in total. The normalized spacial score (nSPS) is 11.2. The fourth-order valence-corrected chi connectivity index (χ4v) is 3.33. The number of benzene rings is 2. The molecule has 0 aliphatic carbocycles. The lowest BCUT2D eigenvalue weighted by Gasteiger charge is -2.25. The van der Waals surface area contributed by atoms with Gasteiger partial charge in [0.05, 0.1) is 24.9 Å². The summed E-state index contributed by atoms with van der Waals surface area (Å²) in [6.45, 7) is 7.97. The minimum Gasteiger partial charge on any atom is -0.497 e. The maximum Gasteiger partial charge on any atom is 0.258 e. The van der Waals surface area contributed by atoms with Crippen LogP contribution in [0.25, 0.3) is 16.9 Å². The maximum absolute atomic E-state index is 13.5. The number of nitrogens with one attached hydrogen (secondary N) is 1. The molecule has 3 rings (SSSR count). The molecule has 3 aromatic rings. The molecule has 0 saturated heterocycles. The number of para-hydroxylation sites is 1. The first-order valence-electron chi connectivity index (χ1n) is 10.6. The first-order chi connectivity index (χ1) is 15.2. The second kappa shape index (κ2) is 9.68. The maximum atomic E-state index is 13.5. The lowest BCUT2D eigenvalue weighted by molar-refractivity contribution is -0.123. The standard InChI is InChI=1S/C25H30N4O3/c1-6-28(17-22(30)26-25(2,3)4)24(31)21-16-29(19-10-8-7-9-11-19)27-23(21)18-12-14-20(32-5)15-13-18/h7-16H,6,17H2,1-5H3,(H,26,30). The highest BCUT2D eigenvalue weighted by molar-refractivity contribution is 6.01. The van der Waals surface area contributed by atoms with E-state index in [-0.39, 0.29) is 23.9 Å². The lowest BCUT2D eigenvalue weighted by Crippen LogP contribution is -2.47. The molecular formula is C25H30N4O3. The van der Waals surface area contributed by atoms with E-state index in [0.29, 0.717) is 17.8 Å². The Hall–Kier alpha value is -3.61. The molecule has 0 saturated carbocycles. The molecule has 1 heterocycles. The fourth-order valence-electron chi connectivity index (χ4n) is 3.33. The Morgan fingerprint density at radius 1 is 1.06 bits per heavy atom. The van der Waals surface area contributed by atoms with Crippen LogP contribution < -0.4 is 10.1 Å². The number of rotatable bonds is 7. The van der Waals surface area contributed by atoms with Crippen LogP contribution in [0.3, 0.4) is 0 Å². The van der Waals surface area contributed by atoms with Crippen LogP contribution in [0.5, 0.6) is 5.75 Å². The molecule has 7 heteroatoms. The summed E-state index contributed by atoms with van der Waals surface area (Å²) in [6.07, 6.45) is 1.72. The van der Waals surface area contributed by atoms with E-state index in [4.69, 9.17) is 9.84 Å². The van der Waals surface area contributed by atoms with Crippen molar-refractivity contribution < 1.29 is 14.3 Å². The number of amides is 2. The highest BCUT2D eigenvalue weighted by Gasteiger charge is 2.25. The number of carbonyl (C=O) groups excluding carboxylic acids is 2. The number of hydrogen-bond donors (Lipinski definition) is 1. The predicted octanol–water partition coefficient (Wildman–Crippen LogP) is 3.92. The molecule has 0 spiro atoms. The Bertz CT molecular complexity index is 1070. The van der Waals surface area contributed by atoms with Gasteiger partial charge in [0.15, 0.2) is 0 Å². The Kier molecular flexibility index (Phi) is 6.98. The van der Waals surface area contributed by atoms with Gasteiger partial charge in [-0.25, -0.2) is 4.68 Å². The quantitative estimate of drug-likeness (QED) is 0.611. The van der Waals surface area contributed by atoms with Crippen LogP contribution in [0.1, 0.15) is 38.1 Å². The third kappa shape index (κ3) is 5.55. The zero-order valence-electron chi connectivity index (χ0n) is 19.3. The number of hydrogen-bond acceptors (Lipinski definition) is 4. The van der Waals surface area contributed by atoms with Crippen LogP contribution in [0.2, 0.25) is 0 Å². The number of nitrogens with zero attached hydrogens (tertiary/aromatic N) is 3. The molecule has 0 bridgehead atoms. The van der Waals surface area contributed by atoms with Crippen LogP contribution in [0.15, 0.2) is 60.8 Å². The van der Waals surface area contributed by atoms with Crippen LogP contribution in [0.4, 0.5) is 0 Å². The van der Waals surface area contributed by atoms with Crippen LogP contribution in [0, 0.1) is 0 Å². The summed E-state index contributed by atoms with van der Waals surface area (Å²) in [7, 11) is 1.61. The van der Waals surface area contributed by atoms with Gasteiger partial charge in [0, 0.05) is 23.8 Å². The molecule has 1 aromatic heterocycles. The fraction of sp³-hybridized carbons (Fsp3) is 0.320. The van der Waals surface area contributed by atoms with Gasteiger partial charge in [-0.3, -0.25) is 9.59 Å². The van der Waals surface area contributed by atoms with E-state index in [1.54, 1.807) is 18.0 Å². The van der Waals surface area contributed by atoms with Gasteiger partial charge < -0.3 is 15.0 Å². The van der Waals surface area contributed by atoms with Crippen molar-refractivity contribution in [2.75, 3.05) is 20.2 Å². The average molecular weight is 435 g/mol. The van der Waals surface area contributed by atoms with E-state index in [9.17, 15) is 9.59 Å². The van der Waals surface area contributed by atoms with Gasteiger partial charge in [0.25, 0.3) is 5.91 Å². The largest absolute Gasteiger partial charge is 0.497 e. The summed E-state index contributed by atoms with van der Waals surface area (Å²) < 4.78 is 6.94. The van der Waals surface area contributed by atoms with Gasteiger partial charge in [-0.05, 0) is 64.1 Å². The molecule has 0 fully saturated rings. The molecule has 0 atom stereocenters. The van der Waals surface area contributed by atoms with Gasteiger partial charge in [-0.15, -0.1) is 0 Å². The molecule has 1 N–H and O–H groups in total. The molecule has 2 aromatic carbocycles. The number of ether oxygens (including phenoxy) is 1. The van der Waals surface area contributed by atoms with Crippen LogP contribution >= 0.6 is 0 Å². The first-order valence-corrected chi connectivity index (χ1v) is 10.6. The van der Waals surface area contributed by atoms with E-state index >= 15 is 0 Å². The Balaban J connectivity index is 1.99. The molecule has 0 aliphatic rings. The van der Waals surface area contributed by atoms with Crippen molar-refractivity contribution in [3.05, 3.63) is 66.4 Å². The van der Waals surface area contributed by atoms with Crippen molar-refractivity contribution in [2.24, 2.45) is 0 Å². The molecule has 0 radical (unpaired) electrons. The molecule has 32 heavy (non-hydrogen) atoms. The molecule has 2 amide bonds. The van der Waals surface area contributed by atoms with Gasteiger partial charge in [0.2, 0.25) is 5.91 Å². The average Bonchev–Trinajstić information content (AvgIpc) is 3.22. The smallest absolute Gasteiger partial charge is 0.258 e. The minimum atomic E-state index is -0.369. The topological polar surface area (TPSA) is 76.5 Å². The third-order valence-corrected chi connectivity index (χ3v) is 4.85. The second-order valence-corrected chi connectivity index (χ2v) is 8.52. The summed E-state index contributed by atoms with van der Waals surface area (Å²) in [5.74, 6) is 0.275. The molecule has 0 aliphatic heterocycles. The number of aromatic nitrogens is 2. The molecule has 0 unspecified atom stereocenters. The van der Waals surface area contributed by atoms with Crippen molar-refractivity contribution in [1.82, 2.24) is 20.0 Å². The van der Waals surface area contributed by atoms with Crippen molar-refractivity contribution in [3.8, 4) is 22.7 Å². The summed E-state index contributed by atoms with van der Waals surface area (Å²) >= 11 is 0. The van der Waals surface area contributed by atoms with E-state index in [1.165, 1.54) is 4.90 Å². The summed E-state index contributed by atoms with van der Waals surface area (Å²) in [4.78, 5) is 27.5. The summed E-state index contributed by atoms with van der Waals surface area (Å²) in [5, 5.41) is 7.62. The van der Waals surface area contributed by atoms with E-state index in [2.05, 4.69) is 5.32 Å². The Morgan fingerprint density at radius 2 is 1.72 bits per heavy atom. The van der Waals surface area contributed by atoms with E-state index in [0.717, 1.165) is 17.0 Å². The van der Waals surface area contributed by atoms with Crippen LogP contribution in [-0.2, 0) is 4.79 Å². The van der Waals surface area contributed by atoms with Crippen molar-refractivity contribution in [1.29, 1.82) is 0 Å². The molecular weight excluding hydrogens is 404 g/mol. The second-order valence-electron chi connectivity index (χ2n) is 8.52. The van der Waals surface area contributed by atoms with Crippen LogP contribution in [-0.4, -0.2) is 52.2 Å². The monoisotopic (exact) mass is 434 g/mol. The van der Waals surface area contributed by atoms with Crippen molar-refractivity contribution in [3.63, 3.8) is 0 Å². The summed E-state index contributed by atoms with van der Waals surface area (Å²) in [5.41, 5.74) is 2.25. The zero-order chi connectivity index (χ0) is 23.3. The highest BCUT2D eigenvalue weighted by Crippen LogP contribution is 2.27. The summed E-state index contributed by atoms with van der Waals surface area (Å²) in [6, 6.07) is 17.0. The number of carbonyl (C=O) groups is 2. The van der Waals surface area contributed by atoms with Crippen molar-refractivity contribution in [2.45, 2.75) is 33.2 Å². The number of methoxy groups -OCH3 is 1. The molecule has 168 valence electrons. The van der Waals surface area contributed by atoms with Gasteiger partial charge in [-0.1, -0.05) is 18.2 Å². The first kappa shape index (κ1) is 23.1. The minimum absolute atomic E-state index is 0.0226. The Morgan fingerprint density at radius 3 is 2.28 bits per heavy atom. The Labute approximate surface area is 189 Å². The van der Waals surface area contributed by atoms with E-state index < -0.39 is 0 Å². The third-order valence-electron chi connectivity index (χ3n) is 4.85. The zero-order valence-corrected chi connectivity index (χ0v) is 19.3. The van der Waals surface area contributed by atoms with Crippen molar-refractivity contribution >= 4 is 11.8 Å². The van der Waals surface area contributed by atoms with Gasteiger partial charge >= 0.3 is 0 Å². The van der Waals surface area contributed by atoms with Gasteiger partial charge in [0.1, 0.15) is 11.4 Å². The predicted molar refractivity (Wildman–Crippen MR) is 125 cm³/mol. The highest BCUT2D eigenvalue weighted by atomic mass is 16.5. The van der Waals surface area contributed by atoms with Gasteiger partial charge in [-0.2, -0.15) is 5.10 Å². The lowest BCUT2D eigenvalue weighted by atomic mass is 10.1. The SMILES string of the molecule is CCN(CC(=O)NC(C)(C)C)C(=O)c1cn(-c2ccccc2)nc1-c1ccc(OC)cc1.